The molecule has 0 saturated heterocycles. The Hall–Kier alpha value is -1.58. The third-order valence-corrected chi connectivity index (χ3v) is 2.12. The smallest absolute Gasteiger partial charge is 0.191 e. The number of halogens is 1. The molecule has 4 heteroatoms. The predicted molar refractivity (Wildman–Crippen MR) is 69.5 cm³/mol. The minimum atomic E-state index is -0.203. The first-order chi connectivity index (χ1) is 7.92. The van der Waals surface area contributed by atoms with Crippen molar-refractivity contribution in [3.63, 3.8) is 0 Å². The Morgan fingerprint density at radius 1 is 1.29 bits per heavy atom. The van der Waals surface area contributed by atoms with Crippen LogP contribution >= 0.6 is 0 Å². The van der Waals surface area contributed by atoms with Gasteiger partial charge in [-0.05, 0) is 26.8 Å². The van der Waals surface area contributed by atoms with E-state index in [0.717, 1.165) is 0 Å². The van der Waals surface area contributed by atoms with Gasteiger partial charge in [0.2, 0.25) is 0 Å². The average Bonchev–Trinajstić information content (AvgIpc) is 2.24. The summed E-state index contributed by atoms with van der Waals surface area (Å²) in [4.78, 5) is 4.09. The van der Waals surface area contributed by atoms with Gasteiger partial charge in [0.25, 0.3) is 0 Å². The monoisotopic (exact) mass is 237 g/mol. The maximum atomic E-state index is 13.4. The molecule has 0 spiro atoms. The van der Waals surface area contributed by atoms with Crippen molar-refractivity contribution in [3.8, 4) is 0 Å². The van der Waals surface area contributed by atoms with Gasteiger partial charge in [-0.25, -0.2) is 4.39 Å². The third kappa shape index (κ3) is 4.85. The van der Waals surface area contributed by atoms with Crippen LogP contribution < -0.4 is 10.6 Å². The molecule has 2 N–H and O–H groups in total. The highest BCUT2D eigenvalue weighted by molar-refractivity contribution is 5.80. The lowest BCUT2D eigenvalue weighted by Crippen LogP contribution is -2.47. The summed E-state index contributed by atoms with van der Waals surface area (Å²) in [6, 6.07) is 6.71. The molecule has 0 aliphatic carbocycles. The third-order valence-electron chi connectivity index (χ3n) is 2.12. The molecule has 0 fully saturated rings. The van der Waals surface area contributed by atoms with E-state index in [9.17, 15) is 4.39 Å². The van der Waals surface area contributed by atoms with Gasteiger partial charge in [0.05, 0.1) is 0 Å². The first-order valence-electron chi connectivity index (χ1n) is 5.64. The molecule has 0 amide bonds. The Labute approximate surface area is 102 Å². The van der Waals surface area contributed by atoms with Gasteiger partial charge in [0.15, 0.2) is 5.96 Å². The lowest BCUT2D eigenvalue weighted by atomic mass is 10.1. The van der Waals surface area contributed by atoms with E-state index in [-0.39, 0.29) is 11.4 Å². The van der Waals surface area contributed by atoms with Gasteiger partial charge in [-0.1, -0.05) is 18.2 Å². The van der Waals surface area contributed by atoms with Crippen molar-refractivity contribution in [2.24, 2.45) is 4.99 Å². The molecule has 0 aromatic heterocycles. The van der Waals surface area contributed by atoms with Crippen LogP contribution in [0.1, 0.15) is 26.3 Å². The van der Waals surface area contributed by atoms with E-state index in [1.54, 1.807) is 19.2 Å². The highest BCUT2D eigenvalue weighted by atomic mass is 19.1. The van der Waals surface area contributed by atoms with Gasteiger partial charge in [-0.3, -0.25) is 4.99 Å². The van der Waals surface area contributed by atoms with Crippen molar-refractivity contribution >= 4 is 5.96 Å². The summed E-state index contributed by atoms with van der Waals surface area (Å²) >= 11 is 0. The minimum Gasteiger partial charge on any atom is -0.352 e. The van der Waals surface area contributed by atoms with Gasteiger partial charge in [0.1, 0.15) is 5.82 Å². The Bertz CT molecular complexity index is 394. The van der Waals surface area contributed by atoms with Crippen LogP contribution in [0.15, 0.2) is 29.3 Å². The van der Waals surface area contributed by atoms with Crippen LogP contribution in [0.3, 0.4) is 0 Å². The van der Waals surface area contributed by atoms with Crippen LogP contribution in [0.4, 0.5) is 4.39 Å². The molecule has 3 nitrogen and oxygen atoms in total. The van der Waals surface area contributed by atoms with Crippen LogP contribution in [0.2, 0.25) is 0 Å². The molecule has 17 heavy (non-hydrogen) atoms. The fraction of sp³-hybridized carbons (Fsp3) is 0.462. The van der Waals surface area contributed by atoms with E-state index >= 15 is 0 Å². The van der Waals surface area contributed by atoms with Gasteiger partial charge in [0, 0.05) is 24.7 Å². The van der Waals surface area contributed by atoms with E-state index in [1.807, 2.05) is 26.8 Å². The molecule has 1 aromatic carbocycles. The van der Waals surface area contributed by atoms with E-state index in [4.69, 9.17) is 0 Å². The van der Waals surface area contributed by atoms with Crippen molar-refractivity contribution in [2.45, 2.75) is 32.9 Å². The molecular formula is C13H20FN3. The maximum absolute atomic E-state index is 13.4. The summed E-state index contributed by atoms with van der Waals surface area (Å²) in [6.07, 6.45) is 0. The summed E-state index contributed by atoms with van der Waals surface area (Å²) in [6.45, 7) is 6.55. The number of benzene rings is 1. The molecular weight excluding hydrogens is 217 g/mol. The van der Waals surface area contributed by atoms with Gasteiger partial charge >= 0.3 is 0 Å². The minimum absolute atomic E-state index is 0.0723. The fourth-order valence-electron chi connectivity index (χ4n) is 1.36. The topological polar surface area (TPSA) is 36.4 Å². The average molecular weight is 237 g/mol. The Kier molecular flexibility index (Phi) is 4.49. The number of hydrogen-bond donors (Lipinski definition) is 2. The second-order valence-corrected chi connectivity index (χ2v) is 4.89. The molecule has 0 saturated carbocycles. The number of nitrogens with one attached hydrogen (secondary N) is 2. The highest BCUT2D eigenvalue weighted by Crippen LogP contribution is 2.05. The van der Waals surface area contributed by atoms with E-state index in [2.05, 4.69) is 15.6 Å². The molecule has 0 bridgehead atoms. The zero-order valence-electron chi connectivity index (χ0n) is 10.8. The first-order valence-corrected chi connectivity index (χ1v) is 5.64. The molecule has 94 valence electrons. The summed E-state index contributed by atoms with van der Waals surface area (Å²) in [5, 5.41) is 6.29. The summed E-state index contributed by atoms with van der Waals surface area (Å²) in [5.74, 6) is 0.465. The standard InChI is InChI=1S/C13H20FN3/c1-13(2,3)17-12(15-4)16-9-10-7-5-6-8-11(10)14/h5-8H,9H2,1-4H3,(H2,15,16,17). The largest absolute Gasteiger partial charge is 0.352 e. The number of nitrogens with zero attached hydrogens (tertiary/aromatic N) is 1. The second-order valence-electron chi connectivity index (χ2n) is 4.89. The van der Waals surface area contributed by atoms with Crippen LogP contribution in [-0.4, -0.2) is 18.5 Å². The van der Waals surface area contributed by atoms with Gasteiger partial charge in [-0.2, -0.15) is 0 Å². The number of hydrogen-bond acceptors (Lipinski definition) is 1. The number of rotatable bonds is 2. The molecule has 0 heterocycles. The SMILES string of the molecule is CN=C(NCc1ccccc1F)NC(C)(C)C. The molecule has 0 atom stereocenters. The fourth-order valence-corrected chi connectivity index (χ4v) is 1.36. The number of guanidine groups is 1. The molecule has 1 rings (SSSR count). The second kappa shape index (κ2) is 5.66. The zero-order chi connectivity index (χ0) is 12.9. The van der Waals surface area contributed by atoms with E-state index in [0.29, 0.717) is 18.1 Å². The zero-order valence-corrected chi connectivity index (χ0v) is 10.8. The van der Waals surface area contributed by atoms with Crippen molar-refractivity contribution in [3.05, 3.63) is 35.6 Å². The van der Waals surface area contributed by atoms with Gasteiger partial charge in [-0.15, -0.1) is 0 Å². The quantitative estimate of drug-likeness (QED) is 0.611. The summed E-state index contributed by atoms with van der Waals surface area (Å²) < 4.78 is 13.4. The van der Waals surface area contributed by atoms with E-state index in [1.165, 1.54) is 6.07 Å². The predicted octanol–water partition coefficient (Wildman–Crippen LogP) is 2.29. The van der Waals surface area contributed by atoms with Crippen molar-refractivity contribution < 1.29 is 4.39 Å². The highest BCUT2D eigenvalue weighted by Gasteiger charge is 2.11. The molecule has 0 aliphatic heterocycles. The molecule has 1 aromatic rings. The molecule has 0 radical (unpaired) electrons. The Balaban J connectivity index is 2.58. The van der Waals surface area contributed by atoms with Crippen LogP contribution in [0.5, 0.6) is 0 Å². The first kappa shape index (κ1) is 13.5. The van der Waals surface area contributed by atoms with Crippen LogP contribution in [0, 0.1) is 5.82 Å². The maximum Gasteiger partial charge on any atom is 0.191 e. The lowest BCUT2D eigenvalue weighted by Gasteiger charge is -2.23. The van der Waals surface area contributed by atoms with Crippen LogP contribution in [-0.2, 0) is 6.54 Å². The summed E-state index contributed by atoms with van der Waals surface area (Å²) in [5.41, 5.74) is 0.557. The normalized spacial score (nSPS) is 12.4. The number of aliphatic imine (C=N–C) groups is 1. The Morgan fingerprint density at radius 3 is 2.47 bits per heavy atom. The summed E-state index contributed by atoms with van der Waals surface area (Å²) in [7, 11) is 1.70. The van der Waals surface area contributed by atoms with Gasteiger partial charge < -0.3 is 10.6 Å². The Morgan fingerprint density at radius 2 is 1.94 bits per heavy atom. The lowest BCUT2D eigenvalue weighted by molar-refractivity contribution is 0.500. The van der Waals surface area contributed by atoms with E-state index < -0.39 is 0 Å². The molecule has 0 aliphatic rings. The van der Waals surface area contributed by atoms with Crippen molar-refractivity contribution in [2.75, 3.05) is 7.05 Å². The van der Waals surface area contributed by atoms with Crippen molar-refractivity contribution in [1.82, 2.24) is 10.6 Å². The van der Waals surface area contributed by atoms with Crippen LogP contribution in [0.25, 0.3) is 0 Å². The van der Waals surface area contributed by atoms with Crippen molar-refractivity contribution in [1.29, 1.82) is 0 Å². The molecule has 0 unspecified atom stereocenters.